The predicted octanol–water partition coefficient (Wildman–Crippen LogP) is 2.06. The number of rotatable bonds is 2. The quantitative estimate of drug-likeness (QED) is 0.864. The first-order valence-corrected chi connectivity index (χ1v) is 6.03. The lowest BCUT2D eigenvalue weighted by Gasteiger charge is -2.12. The van der Waals surface area contributed by atoms with E-state index in [0.29, 0.717) is 11.6 Å². The molecule has 0 aromatic carbocycles. The Hall–Kier alpha value is -2.24. The number of H-pyrrole nitrogens is 1. The van der Waals surface area contributed by atoms with Crippen LogP contribution in [0.1, 0.15) is 42.8 Å². The fourth-order valence-corrected chi connectivity index (χ4v) is 1.48. The molecule has 0 atom stereocenters. The van der Waals surface area contributed by atoms with Crippen molar-refractivity contribution < 1.29 is 4.79 Å². The Kier molecular flexibility index (Phi) is 3.33. The van der Waals surface area contributed by atoms with Gasteiger partial charge in [0.1, 0.15) is 11.6 Å². The topological polar surface area (TPSA) is 83.6 Å². The highest BCUT2D eigenvalue weighted by Crippen LogP contribution is 2.17. The van der Waals surface area contributed by atoms with Crippen LogP contribution in [0.25, 0.3) is 0 Å². The van der Waals surface area contributed by atoms with Gasteiger partial charge in [-0.2, -0.15) is 0 Å². The summed E-state index contributed by atoms with van der Waals surface area (Å²) in [5, 5.41) is 9.38. The molecule has 0 saturated heterocycles. The maximum absolute atomic E-state index is 12.0. The standard InChI is InChI=1S/C13H17N5O/c1-8-5-6-14-9(7-8)15-11(19)10-16-12(18-17-10)13(2,3)4/h5-7H,1-4H3,(H,14,15,19)(H,16,17,18). The second-order valence-electron chi connectivity index (χ2n) is 5.43. The minimum absolute atomic E-state index is 0.119. The first-order chi connectivity index (χ1) is 8.86. The Morgan fingerprint density at radius 2 is 2.11 bits per heavy atom. The average molecular weight is 259 g/mol. The summed E-state index contributed by atoms with van der Waals surface area (Å²) in [5.74, 6) is 0.917. The summed E-state index contributed by atoms with van der Waals surface area (Å²) in [6.07, 6.45) is 1.64. The second-order valence-corrected chi connectivity index (χ2v) is 5.43. The van der Waals surface area contributed by atoms with Gasteiger partial charge in [0.2, 0.25) is 5.82 Å². The predicted molar refractivity (Wildman–Crippen MR) is 72.0 cm³/mol. The van der Waals surface area contributed by atoms with Crippen molar-refractivity contribution in [1.29, 1.82) is 0 Å². The van der Waals surface area contributed by atoms with Gasteiger partial charge < -0.3 is 5.32 Å². The molecule has 0 aliphatic heterocycles. The SMILES string of the molecule is Cc1ccnc(NC(=O)c2n[nH]c(C(C)(C)C)n2)c1. The van der Waals surface area contributed by atoms with Gasteiger partial charge in [-0.3, -0.25) is 9.89 Å². The Labute approximate surface area is 111 Å². The zero-order valence-electron chi connectivity index (χ0n) is 11.5. The van der Waals surface area contributed by atoms with Crippen molar-refractivity contribution >= 4 is 11.7 Å². The lowest BCUT2D eigenvalue weighted by molar-refractivity contribution is 0.101. The molecule has 0 bridgehead atoms. The lowest BCUT2D eigenvalue weighted by Crippen LogP contribution is -2.16. The van der Waals surface area contributed by atoms with E-state index in [-0.39, 0.29) is 17.1 Å². The van der Waals surface area contributed by atoms with Crippen molar-refractivity contribution in [1.82, 2.24) is 20.2 Å². The minimum atomic E-state index is -0.371. The van der Waals surface area contributed by atoms with Gasteiger partial charge in [-0.1, -0.05) is 20.8 Å². The van der Waals surface area contributed by atoms with Gasteiger partial charge in [0.15, 0.2) is 0 Å². The molecule has 2 N–H and O–H groups in total. The van der Waals surface area contributed by atoms with E-state index in [0.717, 1.165) is 5.56 Å². The van der Waals surface area contributed by atoms with Crippen molar-refractivity contribution in [3.63, 3.8) is 0 Å². The summed E-state index contributed by atoms with van der Waals surface area (Å²) < 4.78 is 0. The summed E-state index contributed by atoms with van der Waals surface area (Å²) in [6.45, 7) is 7.92. The van der Waals surface area contributed by atoms with E-state index in [1.54, 1.807) is 12.3 Å². The highest BCUT2D eigenvalue weighted by Gasteiger charge is 2.21. The third-order valence-electron chi connectivity index (χ3n) is 2.56. The minimum Gasteiger partial charge on any atom is -0.304 e. The molecule has 0 aliphatic carbocycles. The van der Waals surface area contributed by atoms with Gasteiger partial charge >= 0.3 is 0 Å². The molecule has 6 heteroatoms. The van der Waals surface area contributed by atoms with Crippen molar-refractivity contribution in [2.45, 2.75) is 33.1 Å². The Bertz CT molecular complexity index is 597. The number of aromatic nitrogens is 4. The molecule has 2 heterocycles. The molecule has 2 aromatic rings. The molecular weight excluding hydrogens is 242 g/mol. The number of nitrogens with zero attached hydrogens (tertiary/aromatic N) is 3. The zero-order valence-corrected chi connectivity index (χ0v) is 11.5. The molecule has 6 nitrogen and oxygen atoms in total. The van der Waals surface area contributed by atoms with Crippen LogP contribution in [0.3, 0.4) is 0 Å². The smallest absolute Gasteiger partial charge is 0.296 e. The van der Waals surface area contributed by atoms with E-state index >= 15 is 0 Å². The van der Waals surface area contributed by atoms with Crippen LogP contribution in [0.15, 0.2) is 18.3 Å². The van der Waals surface area contributed by atoms with Crippen LogP contribution in [-0.4, -0.2) is 26.1 Å². The third-order valence-corrected chi connectivity index (χ3v) is 2.56. The molecule has 0 unspecified atom stereocenters. The fourth-order valence-electron chi connectivity index (χ4n) is 1.48. The molecule has 2 rings (SSSR count). The van der Waals surface area contributed by atoms with Gasteiger partial charge in [-0.15, -0.1) is 5.10 Å². The Morgan fingerprint density at radius 1 is 1.37 bits per heavy atom. The summed E-state index contributed by atoms with van der Waals surface area (Å²) in [6, 6.07) is 3.65. The fraction of sp³-hybridized carbons (Fsp3) is 0.385. The van der Waals surface area contributed by atoms with Crippen LogP contribution in [0.5, 0.6) is 0 Å². The highest BCUT2D eigenvalue weighted by atomic mass is 16.2. The second kappa shape index (κ2) is 4.79. The lowest BCUT2D eigenvalue weighted by atomic mass is 9.96. The zero-order chi connectivity index (χ0) is 14.0. The number of carbonyl (C=O) groups excluding carboxylic acids is 1. The normalized spacial score (nSPS) is 11.4. The van der Waals surface area contributed by atoms with E-state index in [1.165, 1.54) is 0 Å². The number of hydrogen-bond donors (Lipinski definition) is 2. The van der Waals surface area contributed by atoms with Gasteiger partial charge in [-0.25, -0.2) is 9.97 Å². The highest BCUT2D eigenvalue weighted by molar-refractivity contribution is 6.00. The van der Waals surface area contributed by atoms with Crippen molar-refractivity contribution in [2.75, 3.05) is 5.32 Å². The van der Waals surface area contributed by atoms with Gasteiger partial charge in [-0.05, 0) is 24.6 Å². The van der Waals surface area contributed by atoms with Gasteiger partial charge in [0, 0.05) is 11.6 Å². The summed E-state index contributed by atoms with van der Waals surface area (Å²) in [4.78, 5) is 20.2. The molecule has 0 fully saturated rings. The number of hydrogen-bond acceptors (Lipinski definition) is 4. The van der Waals surface area contributed by atoms with Gasteiger partial charge in [0.05, 0.1) is 0 Å². The molecule has 0 spiro atoms. The Balaban J connectivity index is 2.14. The molecule has 1 amide bonds. The van der Waals surface area contributed by atoms with Crippen LogP contribution >= 0.6 is 0 Å². The Morgan fingerprint density at radius 3 is 2.68 bits per heavy atom. The number of amides is 1. The van der Waals surface area contributed by atoms with Crippen LogP contribution < -0.4 is 5.32 Å². The van der Waals surface area contributed by atoms with E-state index in [9.17, 15) is 4.79 Å². The number of carbonyl (C=O) groups is 1. The first kappa shape index (κ1) is 13.2. The molecule has 0 aliphatic rings. The van der Waals surface area contributed by atoms with Crippen LogP contribution in [0, 0.1) is 6.92 Å². The van der Waals surface area contributed by atoms with Crippen LogP contribution in [0.2, 0.25) is 0 Å². The van der Waals surface area contributed by atoms with E-state index < -0.39 is 0 Å². The number of pyridine rings is 1. The summed E-state index contributed by atoms with van der Waals surface area (Å²) in [7, 11) is 0. The van der Waals surface area contributed by atoms with Crippen LogP contribution in [-0.2, 0) is 5.41 Å². The van der Waals surface area contributed by atoms with Crippen molar-refractivity contribution in [2.24, 2.45) is 0 Å². The molecule has 0 saturated carbocycles. The van der Waals surface area contributed by atoms with Crippen molar-refractivity contribution in [3.8, 4) is 0 Å². The van der Waals surface area contributed by atoms with E-state index in [4.69, 9.17) is 0 Å². The first-order valence-electron chi connectivity index (χ1n) is 6.03. The number of anilines is 1. The number of nitrogens with one attached hydrogen (secondary N) is 2. The van der Waals surface area contributed by atoms with Gasteiger partial charge in [0.25, 0.3) is 5.91 Å². The maximum atomic E-state index is 12.0. The largest absolute Gasteiger partial charge is 0.304 e. The maximum Gasteiger partial charge on any atom is 0.296 e. The monoisotopic (exact) mass is 259 g/mol. The van der Waals surface area contributed by atoms with Crippen LogP contribution in [0.4, 0.5) is 5.82 Å². The number of aryl methyl sites for hydroxylation is 1. The molecule has 100 valence electrons. The summed E-state index contributed by atoms with van der Waals surface area (Å²) >= 11 is 0. The number of aromatic amines is 1. The average Bonchev–Trinajstić information content (AvgIpc) is 2.77. The van der Waals surface area contributed by atoms with E-state index in [1.807, 2.05) is 33.8 Å². The molecule has 2 aromatic heterocycles. The van der Waals surface area contributed by atoms with E-state index in [2.05, 4.69) is 25.5 Å². The molecule has 0 radical (unpaired) electrons. The third kappa shape index (κ3) is 3.15. The van der Waals surface area contributed by atoms with Crippen molar-refractivity contribution in [3.05, 3.63) is 35.5 Å². The summed E-state index contributed by atoms with van der Waals surface area (Å²) in [5.41, 5.74) is 0.850. The molecule has 19 heavy (non-hydrogen) atoms. The molecular formula is C13H17N5O.